The Hall–Kier alpha value is -1.40. The molecular formula is C11H15N3O2S. The number of imidazole rings is 1. The number of hydrogen-bond acceptors (Lipinski definition) is 5. The fraction of sp³-hybridized carbons (Fsp3) is 0.455. The minimum atomic E-state index is -0.316. The van der Waals surface area contributed by atoms with Gasteiger partial charge in [0.05, 0.1) is 18.5 Å². The van der Waals surface area contributed by atoms with Crippen molar-refractivity contribution in [2.75, 3.05) is 7.11 Å². The normalized spacial score (nSPS) is 12.9. The minimum Gasteiger partial charge on any atom is -0.468 e. The van der Waals surface area contributed by atoms with Crippen molar-refractivity contribution in [1.29, 1.82) is 0 Å². The third-order valence-corrected chi connectivity index (χ3v) is 3.45. The molecule has 0 saturated heterocycles. The number of hydrogen-bond donors (Lipinski definition) is 1. The molecule has 6 heteroatoms. The monoisotopic (exact) mass is 253 g/mol. The number of nitrogens with one attached hydrogen (secondary N) is 1. The van der Waals surface area contributed by atoms with Gasteiger partial charge in [0, 0.05) is 18.1 Å². The molecular weight excluding hydrogens is 238 g/mol. The first-order chi connectivity index (χ1) is 8.13. The van der Waals surface area contributed by atoms with Crippen LogP contribution >= 0.6 is 11.3 Å². The zero-order valence-corrected chi connectivity index (χ0v) is 10.9. The van der Waals surface area contributed by atoms with Crippen molar-refractivity contribution < 1.29 is 9.53 Å². The quantitative estimate of drug-likeness (QED) is 0.836. The van der Waals surface area contributed by atoms with Crippen LogP contribution in [0.3, 0.4) is 0 Å². The highest BCUT2D eigenvalue weighted by molar-refractivity contribution is 7.15. The predicted octanol–water partition coefficient (Wildman–Crippen LogP) is 1.36. The van der Waals surface area contributed by atoms with E-state index in [-0.39, 0.29) is 12.0 Å². The van der Waals surface area contributed by atoms with Crippen molar-refractivity contribution in [3.05, 3.63) is 23.0 Å². The van der Waals surface area contributed by atoms with Crippen LogP contribution in [0.1, 0.15) is 18.3 Å². The van der Waals surface area contributed by atoms with E-state index in [2.05, 4.69) is 15.0 Å². The Bertz CT molecular complexity index is 532. The predicted molar refractivity (Wildman–Crippen MR) is 66.1 cm³/mol. The summed E-state index contributed by atoms with van der Waals surface area (Å²) in [6, 6.07) is -0.316. The first-order valence-corrected chi connectivity index (χ1v) is 6.23. The summed E-state index contributed by atoms with van der Waals surface area (Å²) in [4.78, 5) is 16.7. The lowest BCUT2D eigenvalue weighted by atomic mass is 10.3. The molecule has 0 amide bonds. The number of nitrogens with zero attached hydrogens (tertiary/aromatic N) is 2. The summed E-state index contributed by atoms with van der Waals surface area (Å²) >= 11 is 1.60. The number of ether oxygens (including phenoxy) is 1. The van der Waals surface area contributed by atoms with Crippen LogP contribution in [0.15, 0.2) is 11.6 Å². The van der Waals surface area contributed by atoms with Gasteiger partial charge in [0.15, 0.2) is 4.96 Å². The van der Waals surface area contributed by atoms with Crippen LogP contribution in [-0.2, 0) is 16.1 Å². The number of thiazole rings is 1. The maximum Gasteiger partial charge on any atom is 0.322 e. The van der Waals surface area contributed by atoms with Crippen LogP contribution in [0.4, 0.5) is 0 Å². The molecule has 2 aromatic rings. The number of carbonyl (C=O) groups excluding carboxylic acids is 1. The van der Waals surface area contributed by atoms with E-state index in [1.807, 2.05) is 22.9 Å². The average molecular weight is 253 g/mol. The molecule has 1 atom stereocenters. The van der Waals surface area contributed by atoms with Gasteiger partial charge in [-0.3, -0.25) is 14.5 Å². The van der Waals surface area contributed by atoms with Gasteiger partial charge in [-0.05, 0) is 13.8 Å². The summed E-state index contributed by atoms with van der Waals surface area (Å²) in [5.74, 6) is -0.256. The fourth-order valence-electron chi connectivity index (χ4n) is 1.66. The molecule has 0 aliphatic heterocycles. The first-order valence-electron chi connectivity index (χ1n) is 5.35. The molecule has 2 aromatic heterocycles. The molecule has 5 nitrogen and oxygen atoms in total. The smallest absolute Gasteiger partial charge is 0.322 e. The zero-order chi connectivity index (χ0) is 12.4. The maximum atomic E-state index is 11.3. The Morgan fingerprint density at radius 1 is 1.71 bits per heavy atom. The van der Waals surface area contributed by atoms with Crippen molar-refractivity contribution >= 4 is 22.3 Å². The minimum absolute atomic E-state index is 0.256. The Labute approximate surface area is 103 Å². The molecule has 2 rings (SSSR count). The van der Waals surface area contributed by atoms with Gasteiger partial charge in [0.2, 0.25) is 0 Å². The van der Waals surface area contributed by atoms with Gasteiger partial charge in [-0.1, -0.05) is 0 Å². The first kappa shape index (κ1) is 12.1. The van der Waals surface area contributed by atoms with Gasteiger partial charge in [-0.15, -0.1) is 11.3 Å². The van der Waals surface area contributed by atoms with Gasteiger partial charge < -0.3 is 4.74 Å². The summed E-state index contributed by atoms with van der Waals surface area (Å²) in [7, 11) is 1.39. The molecule has 0 bridgehead atoms. The standard InChI is InChI=1S/C11H15N3O2S/c1-7-9(6-12-8(2)10(15)16-3)14-4-5-17-11(14)13-7/h4-5,8,12H,6H2,1-3H3/t8-/m0/s1. The van der Waals surface area contributed by atoms with Crippen LogP contribution < -0.4 is 5.32 Å². The molecule has 1 N–H and O–H groups in total. The molecule has 0 aliphatic carbocycles. The molecule has 17 heavy (non-hydrogen) atoms. The van der Waals surface area contributed by atoms with Crippen molar-refractivity contribution in [2.24, 2.45) is 0 Å². The zero-order valence-electron chi connectivity index (χ0n) is 10.1. The van der Waals surface area contributed by atoms with Gasteiger partial charge >= 0.3 is 5.97 Å². The van der Waals surface area contributed by atoms with Gasteiger partial charge in [-0.2, -0.15) is 0 Å². The van der Waals surface area contributed by atoms with Gasteiger partial charge in [0.1, 0.15) is 6.04 Å². The molecule has 0 aliphatic rings. The van der Waals surface area contributed by atoms with Crippen LogP contribution in [0.2, 0.25) is 0 Å². The maximum absolute atomic E-state index is 11.3. The molecule has 0 fully saturated rings. The lowest BCUT2D eigenvalue weighted by Crippen LogP contribution is -2.34. The topological polar surface area (TPSA) is 55.6 Å². The molecule has 0 aromatic carbocycles. The van der Waals surface area contributed by atoms with Crippen LogP contribution in [0.5, 0.6) is 0 Å². The van der Waals surface area contributed by atoms with Crippen molar-refractivity contribution in [3.8, 4) is 0 Å². The van der Waals surface area contributed by atoms with Crippen LogP contribution in [-0.4, -0.2) is 28.5 Å². The van der Waals surface area contributed by atoms with Crippen molar-refractivity contribution in [3.63, 3.8) is 0 Å². The van der Waals surface area contributed by atoms with E-state index in [1.165, 1.54) is 7.11 Å². The number of aryl methyl sites for hydroxylation is 1. The summed E-state index contributed by atoms with van der Waals surface area (Å²) in [6.07, 6.45) is 1.99. The summed E-state index contributed by atoms with van der Waals surface area (Å²) < 4.78 is 6.70. The second-order valence-electron chi connectivity index (χ2n) is 3.83. The van der Waals surface area contributed by atoms with Crippen LogP contribution in [0.25, 0.3) is 4.96 Å². The summed E-state index contributed by atoms with van der Waals surface area (Å²) in [6.45, 7) is 4.35. The number of aromatic nitrogens is 2. The van der Waals surface area contributed by atoms with Gasteiger partial charge in [0.25, 0.3) is 0 Å². The number of rotatable bonds is 4. The lowest BCUT2D eigenvalue weighted by Gasteiger charge is -2.11. The van der Waals surface area contributed by atoms with E-state index in [4.69, 9.17) is 0 Å². The van der Waals surface area contributed by atoms with Crippen molar-refractivity contribution in [1.82, 2.24) is 14.7 Å². The third kappa shape index (κ3) is 2.32. The molecule has 0 spiro atoms. The Morgan fingerprint density at radius 3 is 3.18 bits per heavy atom. The highest BCUT2D eigenvalue weighted by atomic mass is 32.1. The van der Waals surface area contributed by atoms with E-state index in [1.54, 1.807) is 18.3 Å². The molecule has 2 heterocycles. The van der Waals surface area contributed by atoms with E-state index in [9.17, 15) is 4.79 Å². The highest BCUT2D eigenvalue weighted by Crippen LogP contribution is 2.16. The molecule has 0 radical (unpaired) electrons. The number of carbonyl (C=O) groups is 1. The Balaban J connectivity index is 2.10. The van der Waals surface area contributed by atoms with E-state index in [0.717, 1.165) is 16.3 Å². The lowest BCUT2D eigenvalue weighted by molar-refractivity contribution is -0.142. The van der Waals surface area contributed by atoms with E-state index < -0.39 is 0 Å². The Morgan fingerprint density at radius 2 is 2.47 bits per heavy atom. The number of methoxy groups -OCH3 is 1. The van der Waals surface area contributed by atoms with Crippen LogP contribution in [0, 0.1) is 6.92 Å². The number of fused-ring (bicyclic) bond motifs is 1. The summed E-state index contributed by atoms with van der Waals surface area (Å²) in [5.41, 5.74) is 2.07. The molecule has 0 saturated carbocycles. The third-order valence-electron chi connectivity index (χ3n) is 2.69. The highest BCUT2D eigenvalue weighted by Gasteiger charge is 2.15. The molecule has 92 valence electrons. The SMILES string of the molecule is COC(=O)[C@H](C)NCc1c(C)nc2sccn12. The largest absolute Gasteiger partial charge is 0.468 e. The fourth-order valence-corrected chi connectivity index (χ4v) is 2.44. The number of esters is 1. The average Bonchev–Trinajstić information content (AvgIpc) is 2.86. The second kappa shape index (κ2) is 4.85. The van der Waals surface area contributed by atoms with Crippen molar-refractivity contribution in [2.45, 2.75) is 26.4 Å². The second-order valence-corrected chi connectivity index (χ2v) is 4.70. The summed E-state index contributed by atoms with van der Waals surface area (Å²) in [5, 5.41) is 5.12. The van der Waals surface area contributed by atoms with Gasteiger partial charge in [-0.25, -0.2) is 4.98 Å². The Kier molecular flexibility index (Phi) is 3.44. The molecule has 0 unspecified atom stereocenters. The van der Waals surface area contributed by atoms with E-state index >= 15 is 0 Å². The van der Waals surface area contributed by atoms with E-state index in [0.29, 0.717) is 6.54 Å².